The van der Waals surface area contributed by atoms with Gasteiger partial charge in [0.05, 0.1) is 6.16 Å². The summed E-state index contributed by atoms with van der Waals surface area (Å²) in [5.41, 5.74) is 0. The average molecular weight is 356 g/mol. The van der Waals surface area contributed by atoms with Gasteiger partial charge < -0.3 is 4.89 Å². The first-order chi connectivity index (χ1) is 9.02. The summed E-state index contributed by atoms with van der Waals surface area (Å²) >= 11 is 0. The van der Waals surface area contributed by atoms with E-state index in [1.165, 1.54) is 6.92 Å². The minimum Gasteiger partial charge on any atom is -0.324 e. The Hall–Kier alpha value is -0.480. The van der Waals surface area contributed by atoms with Crippen LogP contribution in [0.1, 0.15) is 19.8 Å². The Morgan fingerprint density at radius 2 is 1.38 bits per heavy atom. The number of hydrogen-bond donors (Lipinski definition) is 1. The van der Waals surface area contributed by atoms with E-state index in [1.54, 1.807) is 0 Å². The Kier molecular flexibility index (Phi) is 5.82. The van der Waals surface area contributed by atoms with Gasteiger partial charge in [-0.15, -0.1) is 0 Å². The number of unbranched alkanes of at least 4 members (excludes halogenated alkanes) is 1. The van der Waals surface area contributed by atoms with Gasteiger partial charge in [-0.1, -0.05) is 13.3 Å². The summed E-state index contributed by atoms with van der Waals surface area (Å²) in [6.45, 7) is 1.37. The number of alkyl halides is 9. The summed E-state index contributed by atoms with van der Waals surface area (Å²) in [5.74, 6) is -13.7. The predicted octanol–water partition coefficient (Wildman–Crippen LogP) is 4.41. The molecule has 0 bridgehead atoms. The van der Waals surface area contributed by atoms with Gasteiger partial charge in [0.25, 0.3) is 0 Å². The van der Waals surface area contributed by atoms with Crippen molar-refractivity contribution in [3.05, 3.63) is 0 Å². The molecule has 1 N–H and O–H groups in total. The zero-order valence-corrected chi connectivity index (χ0v) is 11.1. The monoisotopic (exact) mass is 356 g/mol. The fourth-order valence-electron chi connectivity index (χ4n) is 1.07. The lowest BCUT2D eigenvalue weighted by molar-refractivity contribution is -0.433. The van der Waals surface area contributed by atoms with Gasteiger partial charge in [0.15, 0.2) is 0 Å². The van der Waals surface area contributed by atoms with Crippen LogP contribution in [0, 0.1) is 0 Å². The first kappa shape index (κ1) is 20.5. The Balaban J connectivity index is 5.77. The highest BCUT2D eigenvalue weighted by molar-refractivity contribution is 7.52. The molecule has 0 aromatic rings. The molecular weight excluding hydrogens is 346 g/mol. The standard InChI is InChI=1S/C8H10F9O3P/c1-2-3-4-21(18,19)20-6(11,8(15,16)17)5(9,10)7(12,13)14/h2-4H2,1H3,(H,18,19). The fraction of sp³-hybridized carbons (Fsp3) is 1.00. The highest BCUT2D eigenvalue weighted by Crippen LogP contribution is 2.60. The highest BCUT2D eigenvalue weighted by atomic mass is 31.2. The van der Waals surface area contributed by atoms with Crippen LogP contribution >= 0.6 is 7.60 Å². The van der Waals surface area contributed by atoms with Crippen LogP contribution in [-0.2, 0) is 9.09 Å². The van der Waals surface area contributed by atoms with Crippen LogP contribution in [0.2, 0.25) is 0 Å². The van der Waals surface area contributed by atoms with E-state index in [9.17, 15) is 44.1 Å². The molecule has 0 amide bonds. The molecule has 0 saturated heterocycles. The molecule has 128 valence electrons. The van der Waals surface area contributed by atoms with Crippen molar-refractivity contribution in [3.63, 3.8) is 0 Å². The Morgan fingerprint density at radius 3 is 1.67 bits per heavy atom. The smallest absolute Gasteiger partial charge is 0.324 e. The number of halogens is 9. The van der Waals surface area contributed by atoms with Crippen molar-refractivity contribution in [1.29, 1.82) is 0 Å². The number of hydrogen-bond acceptors (Lipinski definition) is 2. The Morgan fingerprint density at radius 1 is 0.952 bits per heavy atom. The average Bonchev–Trinajstić information content (AvgIpc) is 2.22. The lowest BCUT2D eigenvalue weighted by Gasteiger charge is -2.36. The molecule has 0 aliphatic carbocycles. The molecule has 0 aliphatic heterocycles. The van der Waals surface area contributed by atoms with E-state index in [4.69, 9.17) is 4.89 Å². The summed E-state index contributed by atoms with van der Waals surface area (Å²) < 4.78 is 125. The van der Waals surface area contributed by atoms with Crippen molar-refractivity contribution >= 4 is 7.60 Å². The quantitative estimate of drug-likeness (QED) is 0.566. The zero-order chi connectivity index (χ0) is 17.3. The van der Waals surface area contributed by atoms with Crippen molar-refractivity contribution < 1.29 is 53.5 Å². The van der Waals surface area contributed by atoms with Crippen LogP contribution in [-0.4, -0.2) is 35.2 Å². The molecule has 0 heterocycles. The highest BCUT2D eigenvalue weighted by Gasteiger charge is 2.84. The maximum atomic E-state index is 13.3. The first-order valence-corrected chi connectivity index (χ1v) is 7.01. The van der Waals surface area contributed by atoms with Gasteiger partial charge in [-0.2, -0.15) is 39.5 Å². The van der Waals surface area contributed by atoms with Gasteiger partial charge in [0.2, 0.25) is 0 Å². The maximum Gasteiger partial charge on any atom is 0.459 e. The Labute approximate surface area is 112 Å². The van der Waals surface area contributed by atoms with E-state index in [-0.39, 0.29) is 12.8 Å². The SMILES string of the molecule is CCCCP(=O)(O)OC(F)(C(F)(F)F)C(F)(F)C(F)(F)F. The fourth-order valence-corrected chi connectivity index (χ4v) is 2.49. The molecular formula is C8H10F9O3P. The van der Waals surface area contributed by atoms with Crippen LogP contribution in [0.4, 0.5) is 39.5 Å². The third-order valence-electron chi connectivity index (χ3n) is 2.19. The second-order valence-electron chi connectivity index (χ2n) is 3.97. The molecule has 0 aliphatic rings. The van der Waals surface area contributed by atoms with Gasteiger partial charge in [-0.05, 0) is 6.42 Å². The topological polar surface area (TPSA) is 46.5 Å². The summed E-state index contributed by atoms with van der Waals surface area (Å²) in [4.78, 5) is 8.87. The van der Waals surface area contributed by atoms with Crippen LogP contribution < -0.4 is 0 Å². The lowest BCUT2D eigenvalue weighted by Crippen LogP contribution is -2.63. The molecule has 3 nitrogen and oxygen atoms in total. The zero-order valence-electron chi connectivity index (χ0n) is 10.2. The van der Waals surface area contributed by atoms with Gasteiger partial charge in [-0.3, -0.25) is 9.09 Å². The second kappa shape index (κ2) is 5.96. The first-order valence-electron chi connectivity index (χ1n) is 5.24. The van der Waals surface area contributed by atoms with E-state index in [0.717, 1.165) is 0 Å². The molecule has 13 heteroatoms. The molecule has 2 unspecified atom stereocenters. The van der Waals surface area contributed by atoms with Crippen molar-refractivity contribution in [2.45, 2.75) is 43.9 Å². The van der Waals surface area contributed by atoms with Gasteiger partial charge in [-0.25, -0.2) is 0 Å². The molecule has 0 aromatic carbocycles. The molecule has 0 aromatic heterocycles. The van der Waals surface area contributed by atoms with E-state index >= 15 is 0 Å². The maximum absolute atomic E-state index is 13.3. The van der Waals surface area contributed by atoms with E-state index in [1.807, 2.05) is 0 Å². The molecule has 2 atom stereocenters. The van der Waals surface area contributed by atoms with Crippen molar-refractivity contribution in [3.8, 4) is 0 Å². The minimum atomic E-state index is -7.07. The summed E-state index contributed by atoms with van der Waals surface area (Å²) in [7, 11) is -5.67. The number of rotatable bonds is 6. The molecule has 0 rings (SSSR count). The Bertz CT molecular complexity index is 405. The van der Waals surface area contributed by atoms with Crippen LogP contribution in [0.25, 0.3) is 0 Å². The lowest BCUT2D eigenvalue weighted by atomic mass is 10.1. The predicted molar refractivity (Wildman–Crippen MR) is 51.6 cm³/mol. The van der Waals surface area contributed by atoms with Crippen LogP contribution in [0.3, 0.4) is 0 Å². The van der Waals surface area contributed by atoms with E-state index < -0.39 is 37.9 Å². The molecule has 21 heavy (non-hydrogen) atoms. The molecule has 0 fully saturated rings. The normalized spacial score (nSPS) is 20.0. The largest absolute Gasteiger partial charge is 0.459 e. The van der Waals surface area contributed by atoms with Crippen molar-refractivity contribution in [1.82, 2.24) is 0 Å². The molecule has 0 saturated carbocycles. The van der Waals surface area contributed by atoms with Gasteiger partial charge in [0.1, 0.15) is 0 Å². The van der Waals surface area contributed by atoms with Crippen molar-refractivity contribution in [2.24, 2.45) is 0 Å². The summed E-state index contributed by atoms with van der Waals surface area (Å²) in [5, 5.41) is 0. The van der Waals surface area contributed by atoms with Gasteiger partial charge in [0, 0.05) is 0 Å². The third kappa shape index (κ3) is 4.26. The van der Waals surface area contributed by atoms with Crippen LogP contribution in [0.5, 0.6) is 0 Å². The van der Waals surface area contributed by atoms with Gasteiger partial charge >= 0.3 is 31.7 Å². The van der Waals surface area contributed by atoms with E-state index in [2.05, 4.69) is 4.52 Å². The minimum absolute atomic E-state index is 0.0783. The second-order valence-corrected chi connectivity index (χ2v) is 5.88. The van der Waals surface area contributed by atoms with Crippen molar-refractivity contribution in [2.75, 3.05) is 6.16 Å². The molecule has 0 radical (unpaired) electrons. The summed E-state index contributed by atoms with van der Waals surface area (Å²) in [6.07, 6.45) is -15.4. The summed E-state index contributed by atoms with van der Waals surface area (Å²) in [6, 6.07) is 0. The van der Waals surface area contributed by atoms with Crippen LogP contribution in [0.15, 0.2) is 0 Å². The third-order valence-corrected chi connectivity index (χ3v) is 3.61. The van der Waals surface area contributed by atoms with E-state index in [0.29, 0.717) is 0 Å². The molecule has 0 spiro atoms.